The van der Waals surface area contributed by atoms with Crippen LogP contribution in [0.1, 0.15) is 65.2 Å². The lowest BCUT2D eigenvalue weighted by Gasteiger charge is -2.25. The van der Waals surface area contributed by atoms with Crippen molar-refractivity contribution < 1.29 is 4.92 Å². The predicted octanol–water partition coefficient (Wildman–Crippen LogP) is 7.31. The Bertz CT molecular complexity index is 702. The average molecular weight is 398 g/mol. The number of rotatable bonds is 14. The van der Waals surface area contributed by atoms with Gasteiger partial charge in [0.2, 0.25) is 0 Å². The summed E-state index contributed by atoms with van der Waals surface area (Å²) >= 11 is 0. The van der Waals surface area contributed by atoms with Gasteiger partial charge in [0.15, 0.2) is 0 Å². The van der Waals surface area contributed by atoms with E-state index in [9.17, 15) is 10.1 Å². The maximum Gasteiger partial charge on any atom is 0.269 e. The molecule has 0 aromatic heterocycles. The van der Waals surface area contributed by atoms with Crippen molar-refractivity contribution in [1.29, 1.82) is 0 Å². The Morgan fingerprint density at radius 2 is 1.24 bits per heavy atom. The molecule has 0 bridgehead atoms. The van der Waals surface area contributed by atoms with Gasteiger partial charge >= 0.3 is 0 Å². The number of nitro groups is 1. The minimum atomic E-state index is -0.381. The predicted molar refractivity (Wildman–Crippen MR) is 123 cm³/mol. The van der Waals surface area contributed by atoms with Crippen LogP contribution in [0.3, 0.4) is 0 Å². The van der Waals surface area contributed by atoms with E-state index in [4.69, 9.17) is 0 Å². The summed E-state index contributed by atoms with van der Waals surface area (Å²) in [4.78, 5) is 12.9. The van der Waals surface area contributed by atoms with Crippen molar-refractivity contribution in [2.24, 2.45) is 0 Å². The van der Waals surface area contributed by atoms with Crippen LogP contribution in [-0.2, 0) is 0 Å². The lowest BCUT2D eigenvalue weighted by molar-refractivity contribution is -0.384. The van der Waals surface area contributed by atoms with Gasteiger partial charge in [0, 0.05) is 42.3 Å². The number of non-ortho nitro benzene ring substituents is 1. The third kappa shape index (κ3) is 8.14. The van der Waals surface area contributed by atoms with Crippen LogP contribution in [-0.4, -0.2) is 18.0 Å². The highest BCUT2D eigenvalue weighted by Gasteiger charge is 2.07. The van der Waals surface area contributed by atoms with Crippen LogP contribution in [0.4, 0.5) is 22.7 Å². The van der Waals surface area contributed by atoms with Crippen LogP contribution < -0.4 is 10.2 Å². The Balaban J connectivity index is 1.97. The topological polar surface area (TPSA) is 58.4 Å². The first-order chi connectivity index (χ1) is 14.1. The van der Waals surface area contributed by atoms with E-state index in [1.165, 1.54) is 69.2 Å². The van der Waals surface area contributed by atoms with Gasteiger partial charge in [-0.15, -0.1) is 0 Å². The van der Waals surface area contributed by atoms with E-state index in [2.05, 4.69) is 48.3 Å². The van der Waals surface area contributed by atoms with Gasteiger partial charge in [-0.05, 0) is 49.2 Å². The van der Waals surface area contributed by atoms with E-state index in [-0.39, 0.29) is 10.6 Å². The number of benzene rings is 2. The van der Waals surface area contributed by atoms with Crippen LogP contribution in [0.15, 0.2) is 48.5 Å². The summed E-state index contributed by atoms with van der Waals surface area (Å²) in [6, 6.07) is 15.0. The maximum atomic E-state index is 10.8. The molecule has 0 spiro atoms. The number of anilines is 3. The van der Waals surface area contributed by atoms with Crippen molar-refractivity contribution in [2.75, 3.05) is 23.3 Å². The summed E-state index contributed by atoms with van der Waals surface area (Å²) in [5, 5.41) is 14.1. The highest BCUT2D eigenvalue weighted by molar-refractivity contribution is 5.63. The standard InChI is InChI=1S/C24H35N3O2/c1-3-5-7-9-19-26(20-10-8-6-4-2)23-15-11-21(12-16-23)25-22-13-17-24(18-14-22)27(28)29/h11-18,25H,3-10,19-20H2,1-2H3. The fourth-order valence-electron chi connectivity index (χ4n) is 3.42. The number of hydrogen-bond acceptors (Lipinski definition) is 4. The molecule has 5 heteroatoms. The zero-order valence-corrected chi connectivity index (χ0v) is 17.9. The minimum absolute atomic E-state index is 0.104. The third-order valence-corrected chi connectivity index (χ3v) is 5.16. The molecule has 0 heterocycles. The Labute approximate surface area is 175 Å². The van der Waals surface area contributed by atoms with Crippen molar-refractivity contribution >= 4 is 22.7 Å². The molecule has 0 saturated heterocycles. The Kier molecular flexibility index (Phi) is 10.0. The molecule has 0 aliphatic rings. The van der Waals surface area contributed by atoms with E-state index < -0.39 is 0 Å². The molecular weight excluding hydrogens is 362 g/mol. The molecule has 2 aromatic carbocycles. The molecule has 2 aromatic rings. The second kappa shape index (κ2) is 12.8. The largest absolute Gasteiger partial charge is 0.372 e. The van der Waals surface area contributed by atoms with Gasteiger partial charge < -0.3 is 10.2 Å². The lowest BCUT2D eigenvalue weighted by atomic mass is 10.1. The molecule has 0 atom stereocenters. The molecule has 0 fully saturated rings. The molecule has 29 heavy (non-hydrogen) atoms. The quantitative estimate of drug-likeness (QED) is 0.206. The summed E-state index contributed by atoms with van der Waals surface area (Å²) in [7, 11) is 0. The molecule has 0 unspecified atom stereocenters. The smallest absolute Gasteiger partial charge is 0.269 e. The summed E-state index contributed by atoms with van der Waals surface area (Å²) < 4.78 is 0. The molecule has 0 saturated carbocycles. The van der Waals surface area contributed by atoms with Crippen LogP contribution >= 0.6 is 0 Å². The summed E-state index contributed by atoms with van der Waals surface area (Å²) in [6.07, 6.45) is 10.2. The first-order valence-corrected chi connectivity index (χ1v) is 11.0. The van der Waals surface area contributed by atoms with Gasteiger partial charge in [-0.25, -0.2) is 0 Å². The molecular formula is C24H35N3O2. The Morgan fingerprint density at radius 3 is 1.69 bits per heavy atom. The molecule has 2 rings (SSSR count). The summed E-state index contributed by atoms with van der Waals surface area (Å²) in [5.74, 6) is 0. The Morgan fingerprint density at radius 1 is 0.759 bits per heavy atom. The van der Waals surface area contributed by atoms with Gasteiger partial charge in [0.25, 0.3) is 5.69 Å². The van der Waals surface area contributed by atoms with Gasteiger partial charge in [-0.1, -0.05) is 52.4 Å². The summed E-state index contributed by atoms with van der Waals surface area (Å²) in [6.45, 7) is 6.72. The second-order valence-electron chi connectivity index (χ2n) is 7.58. The van der Waals surface area contributed by atoms with Crippen LogP contribution in [0.5, 0.6) is 0 Å². The highest BCUT2D eigenvalue weighted by atomic mass is 16.6. The van der Waals surface area contributed by atoms with Crippen molar-refractivity contribution in [2.45, 2.75) is 65.2 Å². The van der Waals surface area contributed by atoms with Gasteiger partial charge in [0.05, 0.1) is 4.92 Å². The average Bonchev–Trinajstić information content (AvgIpc) is 2.74. The molecule has 1 N–H and O–H groups in total. The fraction of sp³-hybridized carbons (Fsp3) is 0.500. The number of unbranched alkanes of at least 4 members (excludes halogenated alkanes) is 6. The summed E-state index contributed by atoms with van der Waals surface area (Å²) in [5.41, 5.74) is 3.21. The van der Waals surface area contributed by atoms with E-state index in [1.807, 2.05) is 0 Å². The molecule has 0 radical (unpaired) electrons. The fourth-order valence-corrected chi connectivity index (χ4v) is 3.42. The molecule has 0 aliphatic heterocycles. The van der Waals surface area contributed by atoms with Gasteiger partial charge in [0.1, 0.15) is 0 Å². The number of nitro benzene ring substituents is 1. The van der Waals surface area contributed by atoms with E-state index >= 15 is 0 Å². The molecule has 0 aliphatic carbocycles. The number of nitrogens with zero attached hydrogens (tertiary/aromatic N) is 2. The molecule has 0 amide bonds. The van der Waals surface area contributed by atoms with E-state index in [0.717, 1.165) is 24.5 Å². The zero-order valence-electron chi connectivity index (χ0n) is 17.9. The van der Waals surface area contributed by atoms with Crippen molar-refractivity contribution in [1.82, 2.24) is 0 Å². The van der Waals surface area contributed by atoms with Crippen molar-refractivity contribution in [3.63, 3.8) is 0 Å². The molecule has 5 nitrogen and oxygen atoms in total. The van der Waals surface area contributed by atoms with Gasteiger partial charge in [-0.3, -0.25) is 10.1 Å². The van der Waals surface area contributed by atoms with Gasteiger partial charge in [-0.2, -0.15) is 0 Å². The van der Waals surface area contributed by atoms with Crippen molar-refractivity contribution in [3.05, 3.63) is 58.6 Å². The maximum absolute atomic E-state index is 10.8. The van der Waals surface area contributed by atoms with Crippen LogP contribution in [0.25, 0.3) is 0 Å². The Hall–Kier alpha value is -2.56. The minimum Gasteiger partial charge on any atom is -0.372 e. The van der Waals surface area contributed by atoms with E-state index in [1.54, 1.807) is 12.1 Å². The molecule has 158 valence electrons. The first kappa shape index (κ1) is 22.7. The normalized spacial score (nSPS) is 10.7. The van der Waals surface area contributed by atoms with Crippen LogP contribution in [0, 0.1) is 10.1 Å². The SMILES string of the molecule is CCCCCCN(CCCCCC)c1ccc(Nc2ccc([N+](=O)[O-])cc2)cc1. The monoisotopic (exact) mass is 397 g/mol. The van der Waals surface area contributed by atoms with Crippen molar-refractivity contribution in [3.8, 4) is 0 Å². The number of nitrogens with one attached hydrogen (secondary N) is 1. The second-order valence-corrected chi connectivity index (χ2v) is 7.58. The lowest BCUT2D eigenvalue weighted by Crippen LogP contribution is -2.25. The number of hydrogen-bond donors (Lipinski definition) is 1. The highest BCUT2D eigenvalue weighted by Crippen LogP contribution is 2.23. The zero-order chi connectivity index (χ0) is 20.9. The van der Waals surface area contributed by atoms with E-state index in [0.29, 0.717) is 0 Å². The first-order valence-electron chi connectivity index (χ1n) is 11.0. The third-order valence-electron chi connectivity index (χ3n) is 5.16. The van der Waals surface area contributed by atoms with Crippen LogP contribution in [0.2, 0.25) is 0 Å².